The molecule has 0 spiro atoms. The van der Waals surface area contributed by atoms with Crippen molar-refractivity contribution in [2.24, 2.45) is 23.6 Å². The molecule has 112 valence electrons. The molecule has 0 aromatic heterocycles. The standard InChI is InChI=1S/C18H30N2/c1-4-17(15-8-6-5-7-9-15)18(20-19)16-11-13(2)10-14(3)12-16/h5-9,13-14,16-18,20H,4,10-12,19H2,1-3H3. The van der Waals surface area contributed by atoms with Crippen LogP contribution in [0.15, 0.2) is 30.3 Å². The minimum absolute atomic E-state index is 0.396. The smallest absolute Gasteiger partial charge is 0.0307 e. The normalized spacial score (nSPS) is 29.9. The van der Waals surface area contributed by atoms with E-state index in [1.807, 2.05) is 0 Å². The summed E-state index contributed by atoms with van der Waals surface area (Å²) in [6.45, 7) is 7.05. The Morgan fingerprint density at radius 2 is 1.70 bits per heavy atom. The van der Waals surface area contributed by atoms with Gasteiger partial charge in [-0.3, -0.25) is 11.3 Å². The predicted molar refractivity (Wildman–Crippen MR) is 86.3 cm³/mol. The van der Waals surface area contributed by atoms with Crippen molar-refractivity contribution in [2.45, 2.75) is 58.4 Å². The molecule has 2 heteroatoms. The van der Waals surface area contributed by atoms with E-state index in [0.29, 0.717) is 17.9 Å². The van der Waals surface area contributed by atoms with Crippen molar-refractivity contribution in [3.8, 4) is 0 Å². The molecule has 2 rings (SSSR count). The molecular weight excluding hydrogens is 244 g/mol. The van der Waals surface area contributed by atoms with Gasteiger partial charge >= 0.3 is 0 Å². The Hall–Kier alpha value is -0.860. The number of hydrazine groups is 1. The molecule has 1 aromatic carbocycles. The molecule has 4 unspecified atom stereocenters. The molecule has 1 aromatic rings. The third-order valence-electron chi connectivity index (χ3n) is 5.02. The zero-order chi connectivity index (χ0) is 14.5. The first-order chi connectivity index (χ1) is 9.65. The predicted octanol–water partition coefficient (Wildman–Crippen LogP) is 4.08. The van der Waals surface area contributed by atoms with Crippen molar-refractivity contribution in [3.63, 3.8) is 0 Å². The maximum absolute atomic E-state index is 5.96. The van der Waals surface area contributed by atoms with Crippen molar-refractivity contribution in [2.75, 3.05) is 0 Å². The summed E-state index contributed by atoms with van der Waals surface area (Å²) in [7, 11) is 0. The highest BCUT2D eigenvalue weighted by Crippen LogP contribution is 2.39. The fraction of sp³-hybridized carbons (Fsp3) is 0.667. The highest BCUT2D eigenvalue weighted by Gasteiger charge is 2.33. The van der Waals surface area contributed by atoms with E-state index in [9.17, 15) is 0 Å². The Morgan fingerprint density at radius 1 is 1.10 bits per heavy atom. The molecule has 1 aliphatic carbocycles. The highest BCUT2D eigenvalue weighted by atomic mass is 15.2. The van der Waals surface area contributed by atoms with Crippen molar-refractivity contribution < 1.29 is 0 Å². The van der Waals surface area contributed by atoms with Crippen molar-refractivity contribution in [3.05, 3.63) is 35.9 Å². The Bertz CT molecular complexity index is 380. The molecule has 0 amide bonds. The van der Waals surface area contributed by atoms with Crippen LogP contribution < -0.4 is 11.3 Å². The maximum Gasteiger partial charge on any atom is 0.0307 e. The first-order valence-electron chi connectivity index (χ1n) is 8.16. The first kappa shape index (κ1) is 15.5. The average molecular weight is 274 g/mol. The van der Waals surface area contributed by atoms with E-state index in [1.54, 1.807) is 0 Å². The van der Waals surface area contributed by atoms with Crippen LogP contribution in [0.5, 0.6) is 0 Å². The number of hydrogen-bond acceptors (Lipinski definition) is 2. The van der Waals surface area contributed by atoms with Crippen LogP contribution >= 0.6 is 0 Å². The zero-order valence-corrected chi connectivity index (χ0v) is 13.2. The van der Waals surface area contributed by atoms with E-state index in [4.69, 9.17) is 5.84 Å². The van der Waals surface area contributed by atoms with Gasteiger partial charge in [-0.15, -0.1) is 0 Å². The van der Waals surface area contributed by atoms with Gasteiger partial charge in [0.15, 0.2) is 0 Å². The van der Waals surface area contributed by atoms with Crippen LogP contribution in [0.1, 0.15) is 57.9 Å². The molecule has 0 heterocycles. The van der Waals surface area contributed by atoms with Crippen LogP contribution in [0.25, 0.3) is 0 Å². The number of rotatable bonds is 5. The van der Waals surface area contributed by atoms with Gasteiger partial charge in [0.25, 0.3) is 0 Å². The van der Waals surface area contributed by atoms with Crippen LogP contribution in [-0.4, -0.2) is 6.04 Å². The highest BCUT2D eigenvalue weighted by molar-refractivity contribution is 5.21. The van der Waals surface area contributed by atoms with Gasteiger partial charge in [-0.05, 0) is 49.0 Å². The van der Waals surface area contributed by atoms with E-state index in [-0.39, 0.29) is 0 Å². The summed E-state index contributed by atoms with van der Waals surface area (Å²) >= 11 is 0. The molecule has 3 N–H and O–H groups in total. The molecule has 0 aliphatic heterocycles. The van der Waals surface area contributed by atoms with Gasteiger partial charge in [-0.2, -0.15) is 0 Å². The second-order valence-electron chi connectivity index (χ2n) is 6.80. The van der Waals surface area contributed by atoms with Gasteiger partial charge in [-0.25, -0.2) is 0 Å². The maximum atomic E-state index is 5.96. The van der Waals surface area contributed by atoms with Crippen LogP contribution in [0.4, 0.5) is 0 Å². The van der Waals surface area contributed by atoms with Gasteiger partial charge in [0.1, 0.15) is 0 Å². The summed E-state index contributed by atoms with van der Waals surface area (Å²) in [4.78, 5) is 0. The second-order valence-corrected chi connectivity index (χ2v) is 6.80. The fourth-order valence-electron chi connectivity index (χ4n) is 4.28. The number of hydrogen-bond donors (Lipinski definition) is 2. The van der Waals surface area contributed by atoms with Crippen molar-refractivity contribution in [1.29, 1.82) is 0 Å². The molecule has 2 nitrogen and oxygen atoms in total. The van der Waals surface area contributed by atoms with Gasteiger partial charge in [0.05, 0.1) is 0 Å². The Kier molecular flexibility index (Phi) is 5.62. The monoisotopic (exact) mass is 274 g/mol. The molecule has 1 aliphatic rings. The van der Waals surface area contributed by atoms with Gasteiger partial charge in [0.2, 0.25) is 0 Å². The summed E-state index contributed by atoms with van der Waals surface area (Å²) in [5, 5.41) is 0. The largest absolute Gasteiger partial charge is 0.271 e. The molecule has 4 atom stereocenters. The van der Waals surface area contributed by atoms with E-state index in [1.165, 1.54) is 24.8 Å². The van der Waals surface area contributed by atoms with E-state index in [0.717, 1.165) is 18.3 Å². The van der Waals surface area contributed by atoms with Crippen LogP contribution in [0, 0.1) is 17.8 Å². The molecule has 1 fully saturated rings. The molecular formula is C18H30N2. The Labute approximate surface area is 124 Å². The topological polar surface area (TPSA) is 38.0 Å². The Morgan fingerprint density at radius 3 is 2.20 bits per heavy atom. The summed E-state index contributed by atoms with van der Waals surface area (Å²) in [6, 6.07) is 11.2. The molecule has 0 bridgehead atoms. The van der Waals surface area contributed by atoms with Crippen LogP contribution in [-0.2, 0) is 0 Å². The minimum Gasteiger partial charge on any atom is -0.271 e. The lowest BCUT2D eigenvalue weighted by Gasteiger charge is -2.39. The van der Waals surface area contributed by atoms with Gasteiger partial charge in [-0.1, -0.05) is 51.1 Å². The third-order valence-corrected chi connectivity index (χ3v) is 5.02. The lowest BCUT2D eigenvalue weighted by Crippen LogP contribution is -2.47. The van der Waals surface area contributed by atoms with Gasteiger partial charge in [0, 0.05) is 12.0 Å². The lowest BCUT2D eigenvalue weighted by molar-refractivity contribution is 0.160. The minimum atomic E-state index is 0.396. The summed E-state index contributed by atoms with van der Waals surface area (Å²) in [5.74, 6) is 8.83. The number of nitrogens with one attached hydrogen (secondary N) is 1. The number of benzene rings is 1. The SMILES string of the molecule is CCC(c1ccccc1)C(NN)C1CC(C)CC(C)C1. The third kappa shape index (κ3) is 3.62. The quantitative estimate of drug-likeness (QED) is 0.627. The summed E-state index contributed by atoms with van der Waals surface area (Å²) in [5.41, 5.74) is 4.58. The van der Waals surface area contributed by atoms with E-state index < -0.39 is 0 Å². The van der Waals surface area contributed by atoms with Crippen LogP contribution in [0.3, 0.4) is 0 Å². The van der Waals surface area contributed by atoms with E-state index in [2.05, 4.69) is 56.5 Å². The second kappa shape index (κ2) is 7.24. The average Bonchev–Trinajstić information content (AvgIpc) is 2.44. The van der Waals surface area contributed by atoms with Crippen LogP contribution in [0.2, 0.25) is 0 Å². The summed E-state index contributed by atoms with van der Waals surface area (Å²) in [6.07, 6.45) is 5.12. The molecule has 20 heavy (non-hydrogen) atoms. The van der Waals surface area contributed by atoms with Crippen molar-refractivity contribution in [1.82, 2.24) is 5.43 Å². The molecule has 0 radical (unpaired) electrons. The zero-order valence-electron chi connectivity index (χ0n) is 13.2. The summed E-state index contributed by atoms with van der Waals surface area (Å²) < 4.78 is 0. The fourth-order valence-corrected chi connectivity index (χ4v) is 4.28. The number of nitrogens with two attached hydrogens (primary N) is 1. The van der Waals surface area contributed by atoms with Gasteiger partial charge < -0.3 is 0 Å². The first-order valence-corrected chi connectivity index (χ1v) is 8.16. The molecule has 1 saturated carbocycles. The lowest BCUT2D eigenvalue weighted by atomic mass is 9.70. The van der Waals surface area contributed by atoms with Crippen molar-refractivity contribution >= 4 is 0 Å². The van der Waals surface area contributed by atoms with E-state index >= 15 is 0 Å². The molecule has 0 saturated heterocycles. The Balaban J connectivity index is 2.17.